The zero-order chi connectivity index (χ0) is 13.5. The van der Waals surface area contributed by atoms with Crippen molar-refractivity contribution in [1.29, 1.82) is 0 Å². The predicted molar refractivity (Wildman–Crippen MR) is 76.7 cm³/mol. The highest BCUT2D eigenvalue weighted by Gasteiger charge is 2.06. The van der Waals surface area contributed by atoms with E-state index in [4.69, 9.17) is 0 Å². The zero-order valence-corrected chi connectivity index (χ0v) is 12.7. The molecular weight excluding hydrogens is 294 g/mol. The van der Waals surface area contributed by atoms with E-state index in [1.165, 1.54) is 0 Å². The van der Waals surface area contributed by atoms with E-state index in [2.05, 4.69) is 52.0 Å². The monoisotopic (exact) mass is 313 g/mol. The highest BCUT2D eigenvalue weighted by atomic mass is 79.9. The van der Waals surface area contributed by atoms with Gasteiger partial charge in [0.1, 0.15) is 4.60 Å². The van der Waals surface area contributed by atoms with Gasteiger partial charge in [0.2, 0.25) is 0 Å². The van der Waals surface area contributed by atoms with Crippen LogP contribution in [0.5, 0.6) is 0 Å². The average Bonchev–Trinajstić information content (AvgIpc) is 2.34. The average molecular weight is 314 g/mol. The molecule has 0 radical (unpaired) electrons. The van der Waals surface area contributed by atoms with Gasteiger partial charge in [0.25, 0.3) is 5.91 Å². The van der Waals surface area contributed by atoms with Crippen LogP contribution < -0.4 is 5.32 Å². The van der Waals surface area contributed by atoms with Crippen LogP contribution in [0.15, 0.2) is 22.9 Å². The fourth-order valence-electron chi connectivity index (χ4n) is 1.40. The number of aromatic nitrogens is 1. The second kappa shape index (κ2) is 7.48. The molecule has 1 N–H and O–H groups in total. The fraction of sp³-hybridized carbons (Fsp3) is 0.538. The van der Waals surface area contributed by atoms with Crippen LogP contribution in [0, 0.1) is 0 Å². The van der Waals surface area contributed by atoms with Crippen molar-refractivity contribution >= 4 is 21.8 Å². The number of amides is 1. The summed E-state index contributed by atoms with van der Waals surface area (Å²) in [4.78, 5) is 18.0. The summed E-state index contributed by atoms with van der Waals surface area (Å²) in [7, 11) is 2.09. The summed E-state index contributed by atoms with van der Waals surface area (Å²) in [6, 6.07) is 4.06. The number of carbonyl (C=O) groups excluding carboxylic acids is 1. The SMILES string of the molecule is CC(C)N(C)CCCNC(=O)c1ccc(Br)nc1. The van der Waals surface area contributed by atoms with E-state index in [-0.39, 0.29) is 5.91 Å². The van der Waals surface area contributed by atoms with Gasteiger partial charge >= 0.3 is 0 Å². The van der Waals surface area contributed by atoms with Gasteiger partial charge in [-0.3, -0.25) is 4.79 Å². The lowest BCUT2D eigenvalue weighted by molar-refractivity contribution is 0.0951. The largest absolute Gasteiger partial charge is 0.352 e. The molecule has 0 aromatic carbocycles. The maximum Gasteiger partial charge on any atom is 0.252 e. The molecule has 0 aliphatic carbocycles. The van der Waals surface area contributed by atoms with Crippen molar-refractivity contribution in [3.63, 3.8) is 0 Å². The number of halogens is 1. The number of pyridine rings is 1. The quantitative estimate of drug-likeness (QED) is 0.647. The van der Waals surface area contributed by atoms with Gasteiger partial charge < -0.3 is 10.2 Å². The van der Waals surface area contributed by atoms with E-state index in [0.29, 0.717) is 18.2 Å². The lowest BCUT2D eigenvalue weighted by atomic mass is 10.2. The molecule has 0 atom stereocenters. The number of hydrogen-bond donors (Lipinski definition) is 1. The van der Waals surface area contributed by atoms with E-state index in [1.54, 1.807) is 18.3 Å². The lowest BCUT2D eigenvalue weighted by Gasteiger charge is -2.20. The Bertz CT molecular complexity index is 378. The first-order valence-electron chi connectivity index (χ1n) is 6.10. The smallest absolute Gasteiger partial charge is 0.252 e. The van der Waals surface area contributed by atoms with Gasteiger partial charge in [0.15, 0.2) is 0 Å². The molecule has 1 aromatic heterocycles. The maximum absolute atomic E-state index is 11.8. The van der Waals surface area contributed by atoms with E-state index in [9.17, 15) is 4.79 Å². The first kappa shape index (κ1) is 15.1. The van der Waals surface area contributed by atoms with Crippen molar-refractivity contribution in [2.75, 3.05) is 20.1 Å². The highest BCUT2D eigenvalue weighted by molar-refractivity contribution is 9.10. The molecule has 0 aliphatic rings. The Morgan fingerprint density at radius 1 is 1.50 bits per heavy atom. The minimum Gasteiger partial charge on any atom is -0.352 e. The number of rotatable bonds is 6. The van der Waals surface area contributed by atoms with Crippen LogP contribution in [-0.2, 0) is 0 Å². The standard InChI is InChI=1S/C13H20BrN3O/c1-10(2)17(3)8-4-7-15-13(18)11-5-6-12(14)16-9-11/h5-6,9-10H,4,7-8H2,1-3H3,(H,15,18). The van der Waals surface area contributed by atoms with Crippen LogP contribution in [0.3, 0.4) is 0 Å². The Morgan fingerprint density at radius 2 is 2.22 bits per heavy atom. The molecule has 1 heterocycles. The van der Waals surface area contributed by atoms with E-state index in [0.717, 1.165) is 17.6 Å². The Balaban J connectivity index is 2.27. The van der Waals surface area contributed by atoms with E-state index < -0.39 is 0 Å². The van der Waals surface area contributed by atoms with Crippen LogP contribution in [0.4, 0.5) is 0 Å². The summed E-state index contributed by atoms with van der Waals surface area (Å²) in [5.74, 6) is -0.0674. The van der Waals surface area contributed by atoms with Crippen LogP contribution in [0.25, 0.3) is 0 Å². The summed E-state index contributed by atoms with van der Waals surface area (Å²) in [5.41, 5.74) is 0.593. The normalized spacial score (nSPS) is 11.0. The van der Waals surface area contributed by atoms with Gasteiger partial charge in [0.05, 0.1) is 5.56 Å². The third kappa shape index (κ3) is 5.14. The third-order valence-corrected chi connectivity index (χ3v) is 3.31. The Kier molecular flexibility index (Phi) is 6.29. The number of hydrogen-bond acceptors (Lipinski definition) is 3. The molecule has 0 bridgehead atoms. The third-order valence-electron chi connectivity index (χ3n) is 2.84. The van der Waals surface area contributed by atoms with Crippen molar-refractivity contribution in [2.24, 2.45) is 0 Å². The van der Waals surface area contributed by atoms with Gasteiger partial charge in [0, 0.05) is 18.8 Å². The van der Waals surface area contributed by atoms with Crippen molar-refractivity contribution in [1.82, 2.24) is 15.2 Å². The molecule has 100 valence electrons. The minimum atomic E-state index is -0.0674. The van der Waals surface area contributed by atoms with Crippen molar-refractivity contribution < 1.29 is 4.79 Å². The molecule has 0 aliphatic heterocycles. The molecule has 0 saturated heterocycles. The Hall–Kier alpha value is -0.940. The van der Waals surface area contributed by atoms with Gasteiger partial charge in [-0.05, 0) is 61.9 Å². The first-order chi connectivity index (χ1) is 8.50. The second-order valence-electron chi connectivity index (χ2n) is 4.55. The topological polar surface area (TPSA) is 45.2 Å². The molecule has 5 heteroatoms. The maximum atomic E-state index is 11.8. The molecule has 0 saturated carbocycles. The lowest BCUT2D eigenvalue weighted by Crippen LogP contribution is -2.31. The molecule has 0 unspecified atom stereocenters. The molecule has 0 spiro atoms. The molecule has 0 fully saturated rings. The molecule has 1 aromatic rings. The first-order valence-corrected chi connectivity index (χ1v) is 6.90. The van der Waals surface area contributed by atoms with Crippen LogP contribution in [0.1, 0.15) is 30.6 Å². The molecular formula is C13H20BrN3O. The summed E-state index contributed by atoms with van der Waals surface area (Å²) in [6.07, 6.45) is 2.52. The molecule has 4 nitrogen and oxygen atoms in total. The molecule has 18 heavy (non-hydrogen) atoms. The van der Waals surface area contributed by atoms with Gasteiger partial charge in [-0.25, -0.2) is 4.98 Å². The zero-order valence-electron chi connectivity index (χ0n) is 11.1. The summed E-state index contributed by atoms with van der Waals surface area (Å²) in [5, 5.41) is 2.89. The van der Waals surface area contributed by atoms with E-state index >= 15 is 0 Å². The van der Waals surface area contributed by atoms with Crippen LogP contribution in [0.2, 0.25) is 0 Å². The number of nitrogens with one attached hydrogen (secondary N) is 1. The Labute approximate surface area is 117 Å². The molecule has 1 rings (SSSR count). The van der Waals surface area contributed by atoms with Crippen molar-refractivity contribution in [2.45, 2.75) is 26.3 Å². The van der Waals surface area contributed by atoms with Gasteiger partial charge in [-0.1, -0.05) is 0 Å². The Morgan fingerprint density at radius 3 is 2.78 bits per heavy atom. The van der Waals surface area contributed by atoms with Gasteiger partial charge in [-0.2, -0.15) is 0 Å². The summed E-state index contributed by atoms with van der Waals surface area (Å²) < 4.78 is 0.734. The van der Waals surface area contributed by atoms with E-state index in [1.807, 2.05) is 0 Å². The summed E-state index contributed by atoms with van der Waals surface area (Å²) >= 11 is 3.24. The molecule has 1 amide bonds. The number of nitrogens with zero attached hydrogens (tertiary/aromatic N) is 2. The highest BCUT2D eigenvalue weighted by Crippen LogP contribution is 2.06. The van der Waals surface area contributed by atoms with Crippen LogP contribution in [-0.4, -0.2) is 42.0 Å². The fourth-order valence-corrected chi connectivity index (χ4v) is 1.64. The van der Waals surface area contributed by atoms with Crippen molar-refractivity contribution in [3.05, 3.63) is 28.5 Å². The second-order valence-corrected chi connectivity index (χ2v) is 5.37. The van der Waals surface area contributed by atoms with Crippen LogP contribution >= 0.6 is 15.9 Å². The predicted octanol–water partition coefficient (Wildman–Crippen LogP) is 2.30. The summed E-state index contributed by atoms with van der Waals surface area (Å²) in [6.45, 7) is 5.99. The van der Waals surface area contributed by atoms with Gasteiger partial charge in [-0.15, -0.1) is 0 Å². The minimum absolute atomic E-state index is 0.0674. The van der Waals surface area contributed by atoms with Crippen molar-refractivity contribution in [3.8, 4) is 0 Å². The number of carbonyl (C=O) groups is 1.